The lowest BCUT2D eigenvalue weighted by Gasteiger charge is -2.21. The minimum absolute atomic E-state index is 0.0476. The molecule has 0 aliphatic heterocycles. The molecule has 1 heterocycles. The van der Waals surface area contributed by atoms with Crippen LogP contribution < -0.4 is 5.32 Å². The third-order valence-electron chi connectivity index (χ3n) is 4.06. The van der Waals surface area contributed by atoms with Gasteiger partial charge in [0.25, 0.3) is 0 Å². The number of rotatable bonds is 6. The summed E-state index contributed by atoms with van der Waals surface area (Å²) in [5, 5.41) is 1.93. The Morgan fingerprint density at radius 1 is 1.26 bits per heavy atom. The van der Waals surface area contributed by atoms with Crippen molar-refractivity contribution >= 4 is 29.1 Å². The predicted molar refractivity (Wildman–Crippen MR) is 91.9 cm³/mol. The molecule has 3 rings (SSSR count). The number of carbonyl (C=O) groups is 2. The van der Waals surface area contributed by atoms with Crippen molar-refractivity contribution in [3.63, 3.8) is 0 Å². The highest BCUT2D eigenvalue weighted by molar-refractivity contribution is 6.31. The number of nitrogens with one attached hydrogen (secondary N) is 1. The zero-order valence-electron chi connectivity index (χ0n) is 14.1. The van der Waals surface area contributed by atoms with Gasteiger partial charge >= 0.3 is 6.18 Å². The SMILES string of the molecule is O=C(CN(Cc1ccco1)C(=O)C1CC1)Nc1ccc(Cl)c(C(F)(F)F)c1. The van der Waals surface area contributed by atoms with Crippen LogP contribution in [0.25, 0.3) is 0 Å². The number of amides is 2. The molecule has 5 nitrogen and oxygen atoms in total. The summed E-state index contributed by atoms with van der Waals surface area (Å²) in [4.78, 5) is 26.0. The van der Waals surface area contributed by atoms with Crippen molar-refractivity contribution in [3.8, 4) is 0 Å². The largest absolute Gasteiger partial charge is 0.467 e. The number of carbonyl (C=O) groups excluding carboxylic acids is 2. The Morgan fingerprint density at radius 3 is 2.59 bits per heavy atom. The normalized spacial score (nSPS) is 14.1. The van der Waals surface area contributed by atoms with E-state index in [4.69, 9.17) is 16.0 Å². The van der Waals surface area contributed by atoms with Gasteiger partial charge in [0.05, 0.1) is 23.4 Å². The first-order valence-corrected chi connectivity index (χ1v) is 8.59. The number of nitrogens with zero attached hydrogens (tertiary/aromatic N) is 1. The monoisotopic (exact) mass is 400 g/mol. The Kier molecular flexibility index (Phi) is 5.46. The fraction of sp³-hybridized carbons (Fsp3) is 0.333. The molecule has 0 unspecified atom stereocenters. The molecule has 1 aromatic carbocycles. The second kappa shape index (κ2) is 7.64. The molecule has 1 aromatic heterocycles. The van der Waals surface area contributed by atoms with Crippen molar-refractivity contribution in [1.29, 1.82) is 0 Å². The van der Waals surface area contributed by atoms with Crippen molar-refractivity contribution in [1.82, 2.24) is 4.90 Å². The Bertz CT molecular complexity index is 833. The molecule has 2 amide bonds. The van der Waals surface area contributed by atoms with Crippen LogP contribution in [0.4, 0.5) is 18.9 Å². The number of furan rings is 1. The quantitative estimate of drug-likeness (QED) is 0.785. The van der Waals surface area contributed by atoms with Crippen LogP contribution in [-0.4, -0.2) is 23.3 Å². The lowest BCUT2D eigenvalue weighted by atomic mass is 10.2. The number of hydrogen-bond acceptors (Lipinski definition) is 3. The Morgan fingerprint density at radius 2 is 2.00 bits per heavy atom. The number of hydrogen-bond donors (Lipinski definition) is 1. The molecule has 144 valence electrons. The van der Waals surface area contributed by atoms with Crippen LogP contribution in [0.3, 0.4) is 0 Å². The Hall–Kier alpha value is -2.48. The Balaban J connectivity index is 1.69. The van der Waals surface area contributed by atoms with Gasteiger partial charge in [0, 0.05) is 11.6 Å². The summed E-state index contributed by atoms with van der Waals surface area (Å²) in [6.45, 7) is -0.176. The summed E-state index contributed by atoms with van der Waals surface area (Å²) < 4.78 is 44.0. The maximum Gasteiger partial charge on any atom is 0.417 e. The molecule has 0 spiro atoms. The molecular formula is C18H16ClF3N2O3. The Labute approximate surface area is 158 Å². The van der Waals surface area contributed by atoms with Gasteiger partial charge in [-0.05, 0) is 43.2 Å². The van der Waals surface area contributed by atoms with E-state index in [2.05, 4.69) is 5.32 Å². The highest BCUT2D eigenvalue weighted by Gasteiger charge is 2.35. The van der Waals surface area contributed by atoms with Crippen LogP contribution in [0.15, 0.2) is 41.0 Å². The second-order valence-corrected chi connectivity index (χ2v) is 6.70. The first-order chi connectivity index (χ1) is 12.7. The second-order valence-electron chi connectivity index (χ2n) is 6.29. The van der Waals surface area contributed by atoms with Crippen molar-refractivity contribution in [2.75, 3.05) is 11.9 Å². The number of halogens is 4. The van der Waals surface area contributed by atoms with Crippen LogP contribution in [0.5, 0.6) is 0 Å². The average Bonchev–Trinajstić information content (AvgIpc) is 3.32. The standard InChI is InChI=1S/C18H16ClF3N2O3/c19-15-6-5-12(8-14(15)18(20,21)22)23-16(25)10-24(17(26)11-3-4-11)9-13-2-1-7-27-13/h1-2,5-8,11H,3-4,9-10H2,(H,23,25). The molecule has 0 radical (unpaired) electrons. The molecule has 1 aliphatic rings. The fourth-order valence-electron chi connectivity index (χ4n) is 2.59. The highest BCUT2D eigenvalue weighted by Crippen LogP contribution is 2.36. The van der Waals surface area contributed by atoms with E-state index in [1.165, 1.54) is 17.2 Å². The summed E-state index contributed by atoms with van der Waals surface area (Å²) in [5.41, 5.74) is -1.09. The van der Waals surface area contributed by atoms with Crippen molar-refractivity contribution < 1.29 is 27.2 Å². The molecule has 1 N–H and O–H groups in total. The molecule has 1 fully saturated rings. The maximum absolute atomic E-state index is 12.9. The van der Waals surface area contributed by atoms with Crippen LogP contribution in [0, 0.1) is 5.92 Å². The van der Waals surface area contributed by atoms with Crippen LogP contribution in [0.1, 0.15) is 24.2 Å². The van der Waals surface area contributed by atoms with E-state index < -0.39 is 22.7 Å². The topological polar surface area (TPSA) is 62.6 Å². The van der Waals surface area contributed by atoms with Crippen LogP contribution in [-0.2, 0) is 22.3 Å². The highest BCUT2D eigenvalue weighted by atomic mass is 35.5. The summed E-state index contributed by atoms with van der Waals surface area (Å²) in [6.07, 6.45) is -1.64. The van der Waals surface area contributed by atoms with Gasteiger partial charge in [-0.2, -0.15) is 13.2 Å². The first-order valence-electron chi connectivity index (χ1n) is 8.22. The van der Waals surface area contributed by atoms with E-state index >= 15 is 0 Å². The van der Waals surface area contributed by atoms with Gasteiger partial charge in [-0.3, -0.25) is 9.59 Å². The summed E-state index contributed by atoms with van der Waals surface area (Å²) in [7, 11) is 0. The molecule has 0 saturated heterocycles. The summed E-state index contributed by atoms with van der Waals surface area (Å²) >= 11 is 5.57. The van der Waals surface area contributed by atoms with Crippen LogP contribution in [0.2, 0.25) is 5.02 Å². The van der Waals surface area contributed by atoms with E-state index in [0.717, 1.165) is 25.0 Å². The van der Waals surface area contributed by atoms with Gasteiger partial charge in [-0.25, -0.2) is 0 Å². The minimum Gasteiger partial charge on any atom is -0.467 e. The zero-order chi connectivity index (χ0) is 19.6. The predicted octanol–water partition coefficient (Wildman–Crippen LogP) is 4.33. The van der Waals surface area contributed by atoms with Crippen molar-refractivity contribution in [2.45, 2.75) is 25.6 Å². The van der Waals surface area contributed by atoms with Crippen molar-refractivity contribution in [2.24, 2.45) is 5.92 Å². The van der Waals surface area contributed by atoms with Gasteiger partial charge in [0.15, 0.2) is 0 Å². The molecule has 1 aliphatic carbocycles. The van der Waals surface area contributed by atoms with E-state index in [9.17, 15) is 22.8 Å². The van der Waals surface area contributed by atoms with Gasteiger partial charge in [0.1, 0.15) is 12.3 Å². The number of alkyl halides is 3. The molecule has 9 heteroatoms. The third kappa shape index (κ3) is 5.03. The summed E-state index contributed by atoms with van der Waals surface area (Å²) in [6, 6.07) is 6.45. The minimum atomic E-state index is -4.63. The van der Waals surface area contributed by atoms with E-state index in [1.807, 2.05) is 0 Å². The number of anilines is 1. The van der Waals surface area contributed by atoms with Gasteiger partial charge in [-0.15, -0.1) is 0 Å². The van der Waals surface area contributed by atoms with Crippen molar-refractivity contribution in [3.05, 3.63) is 52.9 Å². The van der Waals surface area contributed by atoms with Crippen LogP contribution >= 0.6 is 11.6 Å². The molecule has 0 atom stereocenters. The smallest absolute Gasteiger partial charge is 0.417 e. The molecule has 27 heavy (non-hydrogen) atoms. The fourth-order valence-corrected chi connectivity index (χ4v) is 2.81. The third-order valence-corrected chi connectivity index (χ3v) is 4.38. The summed E-state index contributed by atoms with van der Waals surface area (Å²) in [5.74, 6) is -0.373. The lowest BCUT2D eigenvalue weighted by Crippen LogP contribution is -2.38. The average molecular weight is 401 g/mol. The van der Waals surface area contributed by atoms with Gasteiger partial charge < -0.3 is 14.6 Å². The molecule has 2 aromatic rings. The van der Waals surface area contributed by atoms with Gasteiger partial charge in [0.2, 0.25) is 11.8 Å². The van der Waals surface area contributed by atoms with E-state index in [1.54, 1.807) is 12.1 Å². The maximum atomic E-state index is 12.9. The number of benzene rings is 1. The van der Waals surface area contributed by atoms with E-state index in [-0.39, 0.29) is 30.6 Å². The molecular weight excluding hydrogens is 385 g/mol. The zero-order valence-corrected chi connectivity index (χ0v) is 14.8. The molecule has 0 bridgehead atoms. The lowest BCUT2D eigenvalue weighted by molar-refractivity contribution is -0.137. The van der Waals surface area contributed by atoms with Gasteiger partial charge in [-0.1, -0.05) is 11.6 Å². The first kappa shape index (κ1) is 19.3. The van der Waals surface area contributed by atoms with E-state index in [0.29, 0.717) is 5.76 Å². The molecule has 1 saturated carbocycles.